The zero-order chi connectivity index (χ0) is 23.3. The third-order valence-corrected chi connectivity index (χ3v) is 5.53. The van der Waals surface area contributed by atoms with Gasteiger partial charge in [-0.3, -0.25) is 9.97 Å². The number of nitrogens with zero attached hydrogens (tertiary/aromatic N) is 5. The summed E-state index contributed by atoms with van der Waals surface area (Å²) in [5.41, 5.74) is 1.47. The number of fused-ring (bicyclic) bond motifs is 4. The number of pyridine rings is 2. The lowest BCUT2D eigenvalue weighted by atomic mass is 9.89. The molecule has 0 fully saturated rings. The number of benzene rings is 1. The molecule has 2 aliphatic carbocycles. The van der Waals surface area contributed by atoms with E-state index in [1.165, 1.54) is 0 Å². The maximum absolute atomic E-state index is 15.1. The second kappa shape index (κ2) is 7.30. The molecule has 0 aliphatic heterocycles. The maximum Gasteiger partial charge on any atom is 0.195 e. The van der Waals surface area contributed by atoms with Crippen LogP contribution < -0.4 is 0 Å². The van der Waals surface area contributed by atoms with Crippen molar-refractivity contribution in [2.45, 2.75) is 0 Å². The SMILES string of the molecule is N#C/C=C1/C(=C2c3cccnc3-c3ncccc32)C(=C(C#N)C#N)c2c1cc(F)c(F)c2F. The van der Waals surface area contributed by atoms with E-state index in [1.54, 1.807) is 48.8 Å². The minimum absolute atomic E-state index is 0.0600. The number of nitriles is 3. The number of aromatic nitrogens is 2. The molecule has 0 unspecified atom stereocenters. The van der Waals surface area contributed by atoms with E-state index in [0.717, 1.165) is 12.1 Å². The first-order chi connectivity index (χ1) is 16.0. The van der Waals surface area contributed by atoms with E-state index in [1.807, 2.05) is 6.07 Å². The molecular formula is C25H8F3N5. The van der Waals surface area contributed by atoms with Gasteiger partial charge in [0.2, 0.25) is 0 Å². The molecule has 3 aromatic rings. The average molecular weight is 435 g/mol. The van der Waals surface area contributed by atoms with Crippen molar-refractivity contribution in [3.05, 3.63) is 99.7 Å². The van der Waals surface area contributed by atoms with E-state index in [9.17, 15) is 24.6 Å². The molecule has 0 atom stereocenters. The molecular weight excluding hydrogens is 427 g/mol. The van der Waals surface area contributed by atoms with Gasteiger partial charge in [0, 0.05) is 57.5 Å². The summed E-state index contributed by atoms with van der Waals surface area (Å²) in [4.78, 5) is 8.75. The standard InChI is InChI=1S/C25H8F3N5/c26-17-9-16-13(5-6-29)20(18(12(10-30)11-31)21(16)23(28)22(17)27)19-14-3-1-7-32-24(14)25-15(19)4-2-8-33-25/h1-5,7-9H/b13-5+. The summed E-state index contributed by atoms with van der Waals surface area (Å²) >= 11 is 0. The molecule has 1 aromatic carbocycles. The summed E-state index contributed by atoms with van der Waals surface area (Å²) in [6.07, 6.45) is 4.19. The van der Waals surface area contributed by atoms with Gasteiger partial charge in [0.15, 0.2) is 17.5 Å². The summed E-state index contributed by atoms with van der Waals surface area (Å²) in [5.74, 6) is -4.73. The lowest BCUT2D eigenvalue weighted by Crippen LogP contribution is -1.99. The van der Waals surface area contributed by atoms with Crippen LogP contribution in [0.15, 0.2) is 59.9 Å². The van der Waals surface area contributed by atoms with Gasteiger partial charge in [0.25, 0.3) is 0 Å². The largest absolute Gasteiger partial charge is 0.254 e. The van der Waals surface area contributed by atoms with E-state index in [0.29, 0.717) is 28.1 Å². The minimum atomic E-state index is -1.74. The van der Waals surface area contributed by atoms with Crippen LogP contribution in [0.1, 0.15) is 22.3 Å². The molecule has 5 rings (SSSR count). The highest BCUT2D eigenvalue weighted by atomic mass is 19.2. The molecule has 154 valence electrons. The first-order valence-corrected chi connectivity index (χ1v) is 9.52. The Labute approximate surface area is 185 Å². The second-order valence-corrected chi connectivity index (χ2v) is 7.12. The molecule has 0 bridgehead atoms. The molecule has 5 nitrogen and oxygen atoms in total. The Balaban J connectivity index is 2.06. The molecule has 2 aromatic heterocycles. The van der Waals surface area contributed by atoms with Gasteiger partial charge in [-0.25, -0.2) is 13.2 Å². The lowest BCUT2D eigenvalue weighted by molar-refractivity contribution is 0.445. The molecule has 8 heteroatoms. The Morgan fingerprint density at radius 1 is 0.818 bits per heavy atom. The molecule has 2 aliphatic rings. The van der Waals surface area contributed by atoms with Gasteiger partial charge in [-0.05, 0) is 23.8 Å². The van der Waals surface area contributed by atoms with Gasteiger partial charge in [-0.15, -0.1) is 0 Å². The summed E-state index contributed by atoms with van der Waals surface area (Å²) in [6.45, 7) is 0. The maximum atomic E-state index is 15.1. The van der Waals surface area contributed by atoms with Crippen molar-refractivity contribution in [1.82, 2.24) is 9.97 Å². The Kier molecular flexibility index (Phi) is 4.41. The van der Waals surface area contributed by atoms with Gasteiger partial charge >= 0.3 is 0 Å². The monoisotopic (exact) mass is 435 g/mol. The summed E-state index contributed by atoms with van der Waals surface area (Å²) in [5, 5.41) is 28.7. The van der Waals surface area contributed by atoms with E-state index >= 15 is 4.39 Å². The first kappa shape index (κ1) is 19.9. The summed E-state index contributed by atoms with van der Waals surface area (Å²) in [7, 11) is 0. The predicted octanol–water partition coefficient (Wildman–Crippen LogP) is 5.10. The van der Waals surface area contributed by atoms with Crippen molar-refractivity contribution >= 4 is 16.7 Å². The van der Waals surface area contributed by atoms with Gasteiger partial charge < -0.3 is 0 Å². The van der Waals surface area contributed by atoms with Crippen molar-refractivity contribution < 1.29 is 13.2 Å². The molecule has 33 heavy (non-hydrogen) atoms. The highest BCUT2D eigenvalue weighted by Gasteiger charge is 2.40. The third-order valence-electron chi connectivity index (χ3n) is 5.53. The fourth-order valence-electron chi connectivity index (χ4n) is 4.31. The van der Waals surface area contributed by atoms with Crippen LogP contribution in [0.25, 0.3) is 28.1 Å². The van der Waals surface area contributed by atoms with E-state index in [4.69, 9.17) is 0 Å². The zero-order valence-electron chi connectivity index (χ0n) is 16.5. The van der Waals surface area contributed by atoms with E-state index in [-0.39, 0.29) is 22.3 Å². The van der Waals surface area contributed by atoms with Crippen molar-refractivity contribution in [3.63, 3.8) is 0 Å². The summed E-state index contributed by atoms with van der Waals surface area (Å²) in [6, 6.07) is 12.8. The van der Waals surface area contributed by atoms with Crippen LogP contribution in [0, 0.1) is 51.4 Å². The quantitative estimate of drug-likeness (QED) is 0.283. The van der Waals surface area contributed by atoms with Crippen LogP contribution >= 0.6 is 0 Å². The lowest BCUT2D eigenvalue weighted by Gasteiger charge is -2.11. The van der Waals surface area contributed by atoms with Crippen LogP contribution in [0.2, 0.25) is 0 Å². The first-order valence-electron chi connectivity index (χ1n) is 9.52. The normalized spacial score (nSPS) is 14.3. The predicted molar refractivity (Wildman–Crippen MR) is 112 cm³/mol. The highest BCUT2D eigenvalue weighted by molar-refractivity contribution is 6.19. The van der Waals surface area contributed by atoms with Crippen LogP contribution in [0.4, 0.5) is 13.2 Å². The van der Waals surface area contributed by atoms with Crippen molar-refractivity contribution in [3.8, 4) is 29.6 Å². The van der Waals surface area contributed by atoms with E-state index < -0.39 is 28.6 Å². The highest BCUT2D eigenvalue weighted by Crippen LogP contribution is 2.55. The number of hydrogen-bond acceptors (Lipinski definition) is 5. The fraction of sp³-hybridized carbons (Fsp3) is 0. The van der Waals surface area contributed by atoms with Crippen LogP contribution in [-0.4, -0.2) is 9.97 Å². The smallest absolute Gasteiger partial charge is 0.195 e. The zero-order valence-corrected chi connectivity index (χ0v) is 16.5. The Morgan fingerprint density at radius 2 is 1.42 bits per heavy atom. The van der Waals surface area contributed by atoms with Crippen molar-refractivity contribution in [2.24, 2.45) is 0 Å². The van der Waals surface area contributed by atoms with Gasteiger partial charge in [-0.2, -0.15) is 15.8 Å². The minimum Gasteiger partial charge on any atom is -0.254 e. The molecule has 0 radical (unpaired) electrons. The van der Waals surface area contributed by atoms with E-state index in [2.05, 4.69) is 9.97 Å². The average Bonchev–Trinajstić information content (AvgIpc) is 3.32. The van der Waals surface area contributed by atoms with Crippen molar-refractivity contribution in [1.29, 1.82) is 15.8 Å². The van der Waals surface area contributed by atoms with Crippen LogP contribution in [0.3, 0.4) is 0 Å². The summed E-state index contributed by atoms with van der Waals surface area (Å²) < 4.78 is 43.6. The molecule has 0 saturated heterocycles. The molecule has 0 amide bonds. The van der Waals surface area contributed by atoms with Crippen LogP contribution in [0.5, 0.6) is 0 Å². The number of hydrogen-bond donors (Lipinski definition) is 0. The fourth-order valence-corrected chi connectivity index (χ4v) is 4.31. The third kappa shape index (κ3) is 2.64. The Hall–Kier alpha value is -5.00. The topological polar surface area (TPSA) is 97.2 Å². The van der Waals surface area contributed by atoms with Crippen LogP contribution in [-0.2, 0) is 0 Å². The van der Waals surface area contributed by atoms with Gasteiger partial charge in [0.1, 0.15) is 17.7 Å². The Bertz CT molecular complexity index is 1560. The number of halogens is 3. The van der Waals surface area contributed by atoms with Gasteiger partial charge in [0.05, 0.1) is 17.5 Å². The molecule has 2 heterocycles. The van der Waals surface area contributed by atoms with Gasteiger partial charge in [-0.1, -0.05) is 12.1 Å². The molecule has 0 N–H and O–H groups in total. The number of allylic oxidation sites excluding steroid dienone is 5. The Morgan fingerprint density at radius 3 is 1.97 bits per heavy atom. The molecule has 0 saturated carbocycles. The second-order valence-electron chi connectivity index (χ2n) is 7.12. The number of rotatable bonds is 0. The van der Waals surface area contributed by atoms with Crippen molar-refractivity contribution in [2.75, 3.05) is 0 Å². The molecule has 0 spiro atoms.